The van der Waals surface area contributed by atoms with Crippen molar-refractivity contribution in [3.63, 3.8) is 0 Å². The van der Waals surface area contributed by atoms with E-state index >= 15 is 0 Å². The fourth-order valence-corrected chi connectivity index (χ4v) is 1.01. The zero-order valence-electron chi connectivity index (χ0n) is 11.9. The smallest absolute Gasteiger partial charge is 0.220 e. The van der Waals surface area contributed by atoms with Gasteiger partial charge in [-0.05, 0) is 12.3 Å². The van der Waals surface area contributed by atoms with E-state index in [1.807, 2.05) is 20.8 Å². The fourth-order valence-electron chi connectivity index (χ4n) is 1.01. The lowest BCUT2D eigenvalue weighted by Gasteiger charge is -2.04. The van der Waals surface area contributed by atoms with E-state index in [0.717, 1.165) is 25.9 Å². The van der Waals surface area contributed by atoms with Crippen molar-refractivity contribution in [2.75, 3.05) is 13.1 Å². The summed E-state index contributed by atoms with van der Waals surface area (Å²) in [5.74, 6) is 0.902. The maximum atomic E-state index is 10.6. The molecule has 1 fully saturated rings. The Kier molecular flexibility index (Phi) is 14.0. The fraction of sp³-hybridized carbons (Fsp3) is 0.846. The lowest BCUT2D eigenvalue weighted by atomic mass is 10.2. The minimum Gasteiger partial charge on any atom is -0.356 e. The van der Waals surface area contributed by atoms with Gasteiger partial charge in [-0.3, -0.25) is 9.59 Å². The summed E-state index contributed by atoms with van der Waals surface area (Å²) in [5, 5.41) is 5.47. The van der Waals surface area contributed by atoms with E-state index in [1.165, 1.54) is 0 Å². The molecule has 1 rings (SSSR count). The van der Waals surface area contributed by atoms with Crippen LogP contribution in [0.4, 0.5) is 0 Å². The van der Waals surface area contributed by atoms with E-state index in [1.54, 1.807) is 0 Å². The van der Waals surface area contributed by atoms with Crippen molar-refractivity contribution >= 4 is 11.8 Å². The molecule has 0 aromatic carbocycles. The summed E-state index contributed by atoms with van der Waals surface area (Å²) < 4.78 is 0. The van der Waals surface area contributed by atoms with E-state index < -0.39 is 0 Å². The Morgan fingerprint density at radius 2 is 2.00 bits per heavy atom. The third-order valence-electron chi connectivity index (χ3n) is 1.93. The summed E-state index contributed by atoms with van der Waals surface area (Å²) in [7, 11) is 0. The summed E-state index contributed by atoms with van der Waals surface area (Å²) in [6.07, 6.45) is 2.35. The van der Waals surface area contributed by atoms with Gasteiger partial charge in [-0.25, -0.2) is 0 Å². The molecule has 17 heavy (non-hydrogen) atoms. The molecule has 0 unspecified atom stereocenters. The van der Waals surface area contributed by atoms with Crippen molar-refractivity contribution in [1.82, 2.24) is 10.6 Å². The van der Waals surface area contributed by atoms with Crippen LogP contribution in [-0.4, -0.2) is 24.9 Å². The van der Waals surface area contributed by atoms with Gasteiger partial charge in [0.1, 0.15) is 0 Å². The quantitative estimate of drug-likeness (QED) is 0.798. The average Bonchev–Trinajstić information content (AvgIpc) is 2.80. The number of amides is 2. The lowest BCUT2D eigenvalue weighted by Crippen LogP contribution is -2.26. The van der Waals surface area contributed by atoms with Crippen LogP contribution in [0.15, 0.2) is 0 Å². The first-order chi connectivity index (χ1) is 8.06. The molecule has 1 aliphatic heterocycles. The maximum absolute atomic E-state index is 10.6. The topological polar surface area (TPSA) is 58.2 Å². The molecule has 0 aliphatic carbocycles. The Labute approximate surface area is 106 Å². The molecule has 0 spiro atoms. The second-order valence-electron chi connectivity index (χ2n) is 4.00. The van der Waals surface area contributed by atoms with Crippen LogP contribution in [0.3, 0.4) is 0 Å². The van der Waals surface area contributed by atoms with Gasteiger partial charge in [-0.2, -0.15) is 0 Å². The number of rotatable bonds is 3. The molecule has 2 N–H and O–H groups in total. The third kappa shape index (κ3) is 14.9. The minimum atomic E-state index is 0.142. The summed E-state index contributed by atoms with van der Waals surface area (Å²) >= 11 is 0. The Morgan fingerprint density at radius 3 is 2.24 bits per heavy atom. The van der Waals surface area contributed by atoms with Gasteiger partial charge in [0.05, 0.1) is 0 Å². The van der Waals surface area contributed by atoms with Gasteiger partial charge in [0.25, 0.3) is 0 Å². The van der Waals surface area contributed by atoms with Crippen molar-refractivity contribution < 1.29 is 9.59 Å². The molecule has 102 valence electrons. The second-order valence-corrected chi connectivity index (χ2v) is 4.00. The van der Waals surface area contributed by atoms with Gasteiger partial charge in [0.2, 0.25) is 11.8 Å². The molecule has 0 bridgehead atoms. The molecule has 4 nitrogen and oxygen atoms in total. The average molecular weight is 244 g/mol. The van der Waals surface area contributed by atoms with Crippen LogP contribution in [0.2, 0.25) is 0 Å². The molecular weight excluding hydrogens is 216 g/mol. The van der Waals surface area contributed by atoms with Gasteiger partial charge >= 0.3 is 0 Å². The first kappa shape index (κ1) is 18.3. The number of nitrogens with one attached hydrogen (secondary N) is 2. The molecule has 1 aliphatic rings. The molecule has 4 heteroatoms. The molecule has 0 saturated carbocycles. The Bertz CT molecular complexity index is 196. The zero-order chi connectivity index (χ0) is 13.7. The highest BCUT2D eigenvalue weighted by Crippen LogP contribution is 1.93. The number of hydrogen-bond donors (Lipinski definition) is 2. The molecule has 2 amide bonds. The van der Waals surface area contributed by atoms with Gasteiger partial charge in [0.15, 0.2) is 0 Å². The first-order valence-corrected chi connectivity index (χ1v) is 6.59. The van der Waals surface area contributed by atoms with Gasteiger partial charge in [0, 0.05) is 25.9 Å². The van der Waals surface area contributed by atoms with Crippen molar-refractivity contribution in [2.24, 2.45) is 5.92 Å². The highest BCUT2D eigenvalue weighted by molar-refractivity contribution is 5.77. The Hall–Kier alpha value is -1.06. The molecule has 0 aromatic rings. The molecule has 0 radical (unpaired) electrons. The SMILES string of the molecule is CC.CCC(=O)NCC(C)C.O=C1CCCN1. The van der Waals surface area contributed by atoms with Gasteiger partial charge in [-0.1, -0.05) is 34.6 Å². The standard InChI is InChI=1S/C7H15NO.C4H7NO.C2H6/c1-4-7(9)8-5-6(2)3;6-4-2-1-3-5-4;1-2/h6H,4-5H2,1-3H3,(H,8,9);1-3H2,(H,5,6);1-2H3. The van der Waals surface area contributed by atoms with Crippen LogP contribution in [0.25, 0.3) is 0 Å². The summed E-state index contributed by atoms with van der Waals surface area (Å²) in [5.41, 5.74) is 0. The number of hydrogen-bond acceptors (Lipinski definition) is 2. The van der Waals surface area contributed by atoms with E-state index in [4.69, 9.17) is 0 Å². The van der Waals surface area contributed by atoms with E-state index in [-0.39, 0.29) is 11.8 Å². The highest BCUT2D eigenvalue weighted by Gasteiger charge is 2.05. The van der Waals surface area contributed by atoms with Crippen LogP contribution in [0.5, 0.6) is 0 Å². The van der Waals surface area contributed by atoms with E-state index in [2.05, 4.69) is 24.5 Å². The predicted octanol–water partition coefficient (Wildman–Crippen LogP) is 2.09. The molecular formula is C13H28N2O2. The van der Waals surface area contributed by atoms with Crippen molar-refractivity contribution in [3.8, 4) is 0 Å². The first-order valence-electron chi connectivity index (χ1n) is 6.59. The van der Waals surface area contributed by atoms with Gasteiger partial charge < -0.3 is 10.6 Å². The van der Waals surface area contributed by atoms with Crippen molar-refractivity contribution in [3.05, 3.63) is 0 Å². The van der Waals surface area contributed by atoms with E-state index in [9.17, 15) is 9.59 Å². The largest absolute Gasteiger partial charge is 0.356 e. The number of carbonyl (C=O) groups excluding carboxylic acids is 2. The van der Waals surface area contributed by atoms with Gasteiger partial charge in [-0.15, -0.1) is 0 Å². The van der Waals surface area contributed by atoms with Crippen molar-refractivity contribution in [2.45, 2.75) is 53.9 Å². The maximum Gasteiger partial charge on any atom is 0.220 e. The highest BCUT2D eigenvalue weighted by atomic mass is 16.2. The predicted molar refractivity (Wildman–Crippen MR) is 71.7 cm³/mol. The molecule has 0 atom stereocenters. The normalized spacial score (nSPS) is 12.9. The summed E-state index contributed by atoms with van der Waals surface area (Å²) in [4.78, 5) is 20.7. The van der Waals surface area contributed by atoms with E-state index in [0.29, 0.717) is 12.3 Å². The minimum absolute atomic E-state index is 0.142. The van der Waals surface area contributed by atoms with Crippen LogP contribution in [0.1, 0.15) is 53.9 Å². The van der Waals surface area contributed by atoms with Crippen LogP contribution in [-0.2, 0) is 9.59 Å². The van der Waals surface area contributed by atoms with Crippen molar-refractivity contribution in [1.29, 1.82) is 0 Å². The second kappa shape index (κ2) is 13.0. The Morgan fingerprint density at radius 1 is 1.41 bits per heavy atom. The lowest BCUT2D eigenvalue weighted by molar-refractivity contribution is -0.121. The summed E-state index contributed by atoms with van der Waals surface area (Å²) in [6.45, 7) is 11.7. The molecule has 1 heterocycles. The Balaban J connectivity index is 0. The number of carbonyl (C=O) groups is 2. The summed E-state index contributed by atoms with van der Waals surface area (Å²) in [6, 6.07) is 0. The molecule has 1 saturated heterocycles. The monoisotopic (exact) mass is 244 g/mol. The molecule has 0 aromatic heterocycles. The van der Waals surface area contributed by atoms with Crippen LogP contribution in [0, 0.1) is 5.92 Å². The third-order valence-corrected chi connectivity index (χ3v) is 1.93. The van der Waals surface area contributed by atoms with Crippen LogP contribution < -0.4 is 10.6 Å². The zero-order valence-corrected chi connectivity index (χ0v) is 11.9. The van der Waals surface area contributed by atoms with Crippen LogP contribution >= 0.6 is 0 Å².